The van der Waals surface area contributed by atoms with Crippen LogP contribution in [0.1, 0.15) is 75.7 Å². The minimum atomic E-state index is -0.417. The normalized spacial score (nSPS) is 23.3. The van der Waals surface area contributed by atoms with E-state index in [4.69, 9.17) is 4.74 Å². The van der Waals surface area contributed by atoms with Crippen LogP contribution in [0, 0.1) is 18.3 Å². The second-order valence-corrected chi connectivity index (χ2v) is 9.04. The van der Waals surface area contributed by atoms with E-state index >= 15 is 0 Å². The Hall–Kier alpha value is -1.84. The molecule has 1 amide bonds. The molecule has 1 aromatic carbocycles. The average molecular weight is 360 g/mol. The highest BCUT2D eigenvalue weighted by molar-refractivity contribution is 5.95. The predicted molar refractivity (Wildman–Crippen MR) is 104 cm³/mol. The molecule has 26 heavy (non-hydrogen) atoms. The highest BCUT2D eigenvalue weighted by Crippen LogP contribution is 2.39. The molecule has 2 rings (SSSR count). The Morgan fingerprint density at radius 1 is 1.19 bits per heavy atom. The molecule has 0 spiro atoms. The summed E-state index contributed by atoms with van der Waals surface area (Å²) in [6.45, 7) is 10.6. The number of carbonyl (C=O) groups excluding carboxylic acids is 2. The van der Waals surface area contributed by atoms with Crippen molar-refractivity contribution in [2.24, 2.45) is 11.3 Å². The number of amides is 1. The van der Waals surface area contributed by atoms with Crippen molar-refractivity contribution in [1.29, 1.82) is 0 Å². The van der Waals surface area contributed by atoms with Gasteiger partial charge in [-0.1, -0.05) is 25.1 Å². The third-order valence-electron chi connectivity index (χ3n) is 5.25. The van der Waals surface area contributed by atoms with E-state index in [2.05, 4.69) is 12.2 Å². The molecule has 1 saturated carbocycles. The van der Waals surface area contributed by atoms with Crippen molar-refractivity contribution in [3.8, 4) is 0 Å². The van der Waals surface area contributed by atoms with Gasteiger partial charge >= 0.3 is 5.97 Å². The second-order valence-electron chi connectivity index (χ2n) is 9.04. The Morgan fingerprint density at radius 2 is 1.81 bits per heavy atom. The van der Waals surface area contributed by atoms with Gasteiger partial charge in [-0.15, -0.1) is 0 Å². The summed E-state index contributed by atoms with van der Waals surface area (Å²) in [6.07, 6.45) is 4.57. The predicted octanol–water partition coefficient (Wildman–Crippen LogP) is 4.65. The number of hydrogen-bond donors (Lipinski definition) is 1. The summed E-state index contributed by atoms with van der Waals surface area (Å²) < 4.78 is 5.44. The van der Waals surface area contributed by atoms with E-state index in [0.717, 1.165) is 36.8 Å². The van der Waals surface area contributed by atoms with Crippen molar-refractivity contribution in [2.75, 3.05) is 6.54 Å². The molecule has 0 heterocycles. The molecular weight excluding hydrogens is 326 g/mol. The average Bonchev–Trinajstić information content (AvgIpc) is 2.54. The third kappa shape index (κ3) is 6.15. The smallest absolute Gasteiger partial charge is 0.306 e. The number of ether oxygens (including phenoxy) is 1. The molecule has 4 nitrogen and oxygen atoms in total. The second kappa shape index (κ2) is 8.24. The van der Waals surface area contributed by atoms with Gasteiger partial charge in [0.15, 0.2) is 0 Å². The molecule has 0 bridgehead atoms. The first kappa shape index (κ1) is 20.5. The van der Waals surface area contributed by atoms with Gasteiger partial charge < -0.3 is 10.1 Å². The largest absolute Gasteiger partial charge is 0.460 e. The summed E-state index contributed by atoms with van der Waals surface area (Å²) in [5.74, 6) is 0.296. The van der Waals surface area contributed by atoms with Crippen LogP contribution in [0.5, 0.6) is 0 Å². The quantitative estimate of drug-likeness (QED) is 0.778. The fourth-order valence-electron chi connectivity index (χ4n) is 3.59. The van der Waals surface area contributed by atoms with E-state index < -0.39 is 5.60 Å². The van der Waals surface area contributed by atoms with Gasteiger partial charge in [0, 0.05) is 18.5 Å². The molecule has 0 aliphatic heterocycles. The molecule has 0 aromatic heterocycles. The lowest BCUT2D eigenvalue weighted by atomic mass is 9.71. The fourth-order valence-corrected chi connectivity index (χ4v) is 3.59. The van der Waals surface area contributed by atoms with Gasteiger partial charge in [0.1, 0.15) is 5.60 Å². The number of nitrogens with one attached hydrogen (secondary N) is 1. The van der Waals surface area contributed by atoms with E-state index in [0.29, 0.717) is 18.9 Å². The molecule has 0 saturated heterocycles. The number of carbonyl (C=O) groups is 2. The molecule has 1 N–H and O–H groups in total. The summed E-state index contributed by atoms with van der Waals surface area (Å²) in [5, 5.41) is 3.11. The van der Waals surface area contributed by atoms with E-state index in [1.807, 2.05) is 52.0 Å². The lowest BCUT2D eigenvalue weighted by Gasteiger charge is -2.37. The molecule has 144 valence electrons. The Balaban J connectivity index is 1.80. The summed E-state index contributed by atoms with van der Waals surface area (Å²) in [4.78, 5) is 24.4. The van der Waals surface area contributed by atoms with Gasteiger partial charge in [0.2, 0.25) is 0 Å². The maximum atomic E-state index is 12.4. The number of esters is 1. The monoisotopic (exact) mass is 359 g/mol. The number of benzene rings is 1. The zero-order valence-electron chi connectivity index (χ0n) is 16.9. The summed E-state index contributed by atoms with van der Waals surface area (Å²) in [5.41, 5.74) is 1.43. The molecule has 4 heteroatoms. The van der Waals surface area contributed by atoms with Crippen molar-refractivity contribution in [2.45, 2.75) is 72.3 Å². The van der Waals surface area contributed by atoms with Crippen LogP contribution < -0.4 is 5.32 Å². The minimum Gasteiger partial charge on any atom is -0.460 e. The molecule has 1 fully saturated rings. The number of aryl methyl sites for hydroxylation is 1. The van der Waals surface area contributed by atoms with Crippen molar-refractivity contribution in [3.05, 3.63) is 35.4 Å². The first-order valence-electron chi connectivity index (χ1n) is 9.64. The van der Waals surface area contributed by atoms with E-state index in [1.165, 1.54) is 0 Å². The molecule has 1 aliphatic rings. The molecule has 0 unspecified atom stereocenters. The standard InChI is InChI=1S/C22H33NO3/c1-16-8-6-7-9-18(16)20(25)23-15-22(5)12-10-17(11-13-22)14-19(24)26-21(2,3)4/h6-9,17H,10-15H2,1-5H3,(H,23,25). The number of rotatable bonds is 5. The third-order valence-corrected chi connectivity index (χ3v) is 5.25. The summed E-state index contributed by atoms with van der Waals surface area (Å²) in [6, 6.07) is 7.66. The van der Waals surface area contributed by atoms with Gasteiger partial charge in [0.25, 0.3) is 5.91 Å². The Kier molecular flexibility index (Phi) is 6.48. The zero-order valence-corrected chi connectivity index (χ0v) is 16.9. The zero-order chi connectivity index (χ0) is 19.4. The topological polar surface area (TPSA) is 55.4 Å². The lowest BCUT2D eigenvalue weighted by molar-refractivity contribution is -0.156. The SMILES string of the molecule is Cc1ccccc1C(=O)NCC1(C)CCC(CC(=O)OC(C)(C)C)CC1. The number of hydrogen-bond acceptors (Lipinski definition) is 3. The van der Waals surface area contributed by atoms with Crippen LogP contribution in [0.25, 0.3) is 0 Å². The maximum absolute atomic E-state index is 12.4. The lowest BCUT2D eigenvalue weighted by Crippen LogP contribution is -2.38. The first-order chi connectivity index (χ1) is 12.1. The van der Waals surface area contributed by atoms with Crippen molar-refractivity contribution in [3.63, 3.8) is 0 Å². The van der Waals surface area contributed by atoms with Crippen LogP contribution in [0.15, 0.2) is 24.3 Å². The molecular formula is C22H33NO3. The molecule has 0 atom stereocenters. The van der Waals surface area contributed by atoms with Crippen LogP contribution in [0.4, 0.5) is 0 Å². The Morgan fingerprint density at radius 3 is 2.38 bits per heavy atom. The van der Waals surface area contributed by atoms with Crippen LogP contribution in [-0.2, 0) is 9.53 Å². The fraction of sp³-hybridized carbons (Fsp3) is 0.636. The van der Waals surface area contributed by atoms with Gasteiger partial charge in [-0.2, -0.15) is 0 Å². The summed E-state index contributed by atoms with van der Waals surface area (Å²) in [7, 11) is 0. The van der Waals surface area contributed by atoms with Gasteiger partial charge in [-0.05, 0) is 76.3 Å². The highest BCUT2D eigenvalue weighted by atomic mass is 16.6. The van der Waals surface area contributed by atoms with Gasteiger partial charge in [-0.25, -0.2) is 0 Å². The minimum absolute atomic E-state index is 0.000188. The van der Waals surface area contributed by atoms with Crippen LogP contribution >= 0.6 is 0 Å². The summed E-state index contributed by atoms with van der Waals surface area (Å²) >= 11 is 0. The van der Waals surface area contributed by atoms with Crippen LogP contribution in [0.2, 0.25) is 0 Å². The van der Waals surface area contributed by atoms with Crippen molar-refractivity contribution in [1.82, 2.24) is 5.32 Å². The van der Waals surface area contributed by atoms with Crippen molar-refractivity contribution >= 4 is 11.9 Å². The molecule has 1 aliphatic carbocycles. The molecule has 0 radical (unpaired) electrons. The van der Waals surface area contributed by atoms with Crippen molar-refractivity contribution < 1.29 is 14.3 Å². The molecule has 1 aromatic rings. The first-order valence-corrected chi connectivity index (χ1v) is 9.64. The highest BCUT2D eigenvalue weighted by Gasteiger charge is 2.33. The van der Waals surface area contributed by atoms with E-state index in [-0.39, 0.29) is 17.3 Å². The van der Waals surface area contributed by atoms with Gasteiger partial charge in [-0.3, -0.25) is 9.59 Å². The van der Waals surface area contributed by atoms with Crippen LogP contribution in [-0.4, -0.2) is 24.0 Å². The van der Waals surface area contributed by atoms with E-state index in [9.17, 15) is 9.59 Å². The maximum Gasteiger partial charge on any atom is 0.306 e. The van der Waals surface area contributed by atoms with Crippen LogP contribution in [0.3, 0.4) is 0 Å². The Bertz CT molecular complexity index is 637. The Labute approximate surface area is 157 Å². The van der Waals surface area contributed by atoms with Gasteiger partial charge in [0.05, 0.1) is 0 Å². The van der Waals surface area contributed by atoms with E-state index in [1.54, 1.807) is 0 Å².